The Morgan fingerprint density at radius 1 is 1.89 bits per heavy atom. The molecule has 0 unspecified atom stereocenters. The Kier molecular flexibility index (Phi) is 2.01. The van der Waals surface area contributed by atoms with Crippen molar-refractivity contribution in [2.75, 3.05) is 5.32 Å². The van der Waals surface area contributed by atoms with Crippen LogP contribution in [0, 0.1) is 0 Å². The van der Waals surface area contributed by atoms with Crippen LogP contribution in [0.2, 0.25) is 0 Å². The molecule has 0 spiro atoms. The second-order valence-corrected chi connectivity index (χ2v) is 2.40. The first-order valence-corrected chi connectivity index (χ1v) is 3.28. The fourth-order valence-electron chi connectivity index (χ4n) is 0.328. The van der Waals surface area contributed by atoms with Crippen molar-refractivity contribution in [3.05, 3.63) is 6.20 Å². The molecule has 0 saturated heterocycles. The lowest BCUT2D eigenvalue weighted by Crippen LogP contribution is -1.97. The van der Waals surface area contributed by atoms with Gasteiger partial charge in [-0.05, 0) is 0 Å². The summed E-state index contributed by atoms with van der Waals surface area (Å²) in [6.07, 6.45) is 1.46. The number of carbonyl (C=O) groups is 1. The van der Waals surface area contributed by atoms with E-state index in [1.54, 1.807) is 0 Å². The zero-order valence-electron chi connectivity index (χ0n) is 4.24. The minimum absolute atomic E-state index is 0.402. The van der Waals surface area contributed by atoms with Gasteiger partial charge in [-0.25, -0.2) is 0 Å². The molecule has 1 heterocycles. The van der Waals surface area contributed by atoms with Crippen molar-refractivity contribution in [1.82, 2.24) is 9.59 Å². The van der Waals surface area contributed by atoms with Gasteiger partial charge in [0.1, 0.15) is 5.00 Å². The van der Waals surface area contributed by atoms with Crippen LogP contribution in [-0.4, -0.2) is 14.8 Å². The maximum atomic E-state index is 10.2. The Balaban J connectivity index is 2.58. The summed E-state index contributed by atoms with van der Waals surface area (Å²) in [7, 11) is 0. The molecule has 0 aliphatic heterocycles. The number of carbonyl (C=O) groups excluding carboxylic acids is 1. The number of hydrogen-bond donors (Lipinski definition) is 2. The van der Waals surface area contributed by atoms with Gasteiger partial charge in [-0.15, -0.1) is 5.10 Å². The van der Waals surface area contributed by atoms with Crippen LogP contribution < -0.4 is 5.32 Å². The van der Waals surface area contributed by atoms with Crippen LogP contribution in [0.5, 0.6) is 0 Å². The molecular formula is C3H3N3OS2. The number of anilines is 1. The van der Waals surface area contributed by atoms with E-state index in [0.717, 1.165) is 11.5 Å². The van der Waals surface area contributed by atoms with Crippen molar-refractivity contribution >= 4 is 34.4 Å². The van der Waals surface area contributed by atoms with E-state index in [9.17, 15) is 4.79 Å². The van der Waals surface area contributed by atoms with Gasteiger partial charge < -0.3 is 5.32 Å². The Morgan fingerprint density at radius 2 is 2.67 bits per heavy atom. The Hall–Kier alpha value is -0.620. The highest BCUT2D eigenvalue weighted by Gasteiger charge is 1.95. The van der Waals surface area contributed by atoms with Crippen molar-refractivity contribution in [3.63, 3.8) is 0 Å². The monoisotopic (exact) mass is 161 g/mol. The van der Waals surface area contributed by atoms with Gasteiger partial charge in [0, 0.05) is 11.5 Å². The first-order chi connectivity index (χ1) is 4.29. The van der Waals surface area contributed by atoms with Gasteiger partial charge in [-0.3, -0.25) is 4.79 Å². The van der Waals surface area contributed by atoms with E-state index in [4.69, 9.17) is 0 Å². The molecule has 1 amide bonds. The number of nitrogens with one attached hydrogen (secondary N) is 1. The molecule has 0 radical (unpaired) electrons. The van der Waals surface area contributed by atoms with E-state index in [-0.39, 0.29) is 0 Å². The normalized spacial score (nSPS) is 9.00. The van der Waals surface area contributed by atoms with Crippen molar-refractivity contribution in [3.8, 4) is 0 Å². The number of nitrogens with zero attached hydrogens (tertiary/aromatic N) is 2. The number of amides is 1. The van der Waals surface area contributed by atoms with E-state index in [0.29, 0.717) is 5.00 Å². The lowest BCUT2D eigenvalue weighted by Gasteiger charge is -1.89. The zero-order chi connectivity index (χ0) is 6.69. The first kappa shape index (κ1) is 6.50. The standard InChI is InChI=1S/C3H3N3OS2/c7-3(8)5-2-1-4-6-9-2/h1H,(H2,5,7,8). The average Bonchev–Trinajstić information content (AvgIpc) is 2.15. The Morgan fingerprint density at radius 3 is 3.11 bits per heavy atom. The van der Waals surface area contributed by atoms with Crippen LogP contribution in [0.4, 0.5) is 9.80 Å². The molecule has 6 heteroatoms. The second-order valence-electron chi connectivity index (χ2n) is 1.21. The number of hydrogen-bond acceptors (Lipinski definition) is 4. The van der Waals surface area contributed by atoms with Gasteiger partial charge in [0.15, 0.2) is 0 Å². The molecule has 0 saturated carbocycles. The predicted molar refractivity (Wildman–Crippen MR) is 37.9 cm³/mol. The van der Waals surface area contributed by atoms with Crippen LogP contribution in [0.1, 0.15) is 0 Å². The van der Waals surface area contributed by atoms with Crippen molar-refractivity contribution in [2.24, 2.45) is 0 Å². The fraction of sp³-hybridized carbons (Fsp3) is 0. The zero-order valence-corrected chi connectivity index (χ0v) is 5.95. The highest BCUT2D eigenvalue weighted by molar-refractivity contribution is 7.96. The summed E-state index contributed by atoms with van der Waals surface area (Å²) in [5, 5.41) is 6.10. The second kappa shape index (κ2) is 2.79. The summed E-state index contributed by atoms with van der Waals surface area (Å²) in [5.41, 5.74) is 0. The smallest absolute Gasteiger partial charge is 0.281 e. The third kappa shape index (κ3) is 1.98. The van der Waals surface area contributed by atoms with Gasteiger partial charge in [0.05, 0.1) is 6.20 Å². The van der Waals surface area contributed by atoms with Gasteiger partial charge in [0.2, 0.25) is 0 Å². The van der Waals surface area contributed by atoms with Crippen LogP contribution in [0.25, 0.3) is 0 Å². The van der Waals surface area contributed by atoms with Gasteiger partial charge in [-0.2, -0.15) is 0 Å². The van der Waals surface area contributed by atoms with Gasteiger partial charge in [-0.1, -0.05) is 17.1 Å². The van der Waals surface area contributed by atoms with Crippen LogP contribution in [-0.2, 0) is 0 Å². The maximum absolute atomic E-state index is 10.2. The molecular weight excluding hydrogens is 158 g/mol. The highest BCUT2D eigenvalue weighted by atomic mass is 32.1. The summed E-state index contributed by atoms with van der Waals surface area (Å²) in [6, 6.07) is 0. The first-order valence-electron chi connectivity index (χ1n) is 2.06. The maximum Gasteiger partial charge on any atom is 0.281 e. The lowest BCUT2D eigenvalue weighted by atomic mass is 10.8. The number of rotatable bonds is 1. The van der Waals surface area contributed by atoms with E-state index >= 15 is 0 Å². The molecule has 0 aliphatic rings. The van der Waals surface area contributed by atoms with Crippen molar-refractivity contribution in [2.45, 2.75) is 0 Å². The summed E-state index contributed by atoms with van der Waals surface area (Å²) in [4.78, 5) is 10.2. The molecule has 0 bridgehead atoms. The largest absolute Gasteiger partial charge is 0.306 e. The molecule has 1 N–H and O–H groups in total. The summed E-state index contributed by atoms with van der Waals surface area (Å²) < 4.78 is 3.52. The van der Waals surface area contributed by atoms with Crippen LogP contribution in [0.3, 0.4) is 0 Å². The van der Waals surface area contributed by atoms with E-state index in [1.165, 1.54) is 6.20 Å². The average molecular weight is 161 g/mol. The molecule has 9 heavy (non-hydrogen) atoms. The topological polar surface area (TPSA) is 54.9 Å². The van der Waals surface area contributed by atoms with Crippen molar-refractivity contribution < 1.29 is 4.79 Å². The number of thiol groups is 1. The quantitative estimate of drug-likeness (QED) is 0.604. The van der Waals surface area contributed by atoms with E-state index < -0.39 is 5.24 Å². The number of aromatic nitrogens is 2. The minimum Gasteiger partial charge on any atom is -0.306 e. The lowest BCUT2D eigenvalue weighted by molar-refractivity contribution is 0.270. The Bertz CT molecular complexity index is 197. The molecule has 0 aliphatic carbocycles. The third-order valence-electron chi connectivity index (χ3n) is 0.591. The van der Waals surface area contributed by atoms with Crippen molar-refractivity contribution in [1.29, 1.82) is 0 Å². The Labute approximate surface area is 60.9 Å². The molecule has 0 atom stereocenters. The molecule has 0 aromatic carbocycles. The van der Waals surface area contributed by atoms with Crippen LogP contribution >= 0.6 is 24.2 Å². The minimum atomic E-state index is -0.402. The van der Waals surface area contributed by atoms with Gasteiger partial charge >= 0.3 is 0 Å². The molecule has 1 rings (SSSR count). The van der Waals surface area contributed by atoms with E-state index in [2.05, 4.69) is 27.5 Å². The summed E-state index contributed by atoms with van der Waals surface area (Å²) >= 11 is 4.59. The predicted octanol–water partition coefficient (Wildman–Crippen LogP) is 1.000. The summed E-state index contributed by atoms with van der Waals surface area (Å²) in [6.45, 7) is 0. The molecule has 4 nitrogen and oxygen atoms in total. The molecule has 48 valence electrons. The highest BCUT2D eigenvalue weighted by Crippen LogP contribution is 2.08. The molecule has 1 aromatic rings. The molecule has 0 fully saturated rings. The van der Waals surface area contributed by atoms with Gasteiger partial charge in [0.25, 0.3) is 5.24 Å². The molecule has 1 aromatic heterocycles. The SMILES string of the molecule is O=C(S)Nc1cnns1. The third-order valence-corrected chi connectivity index (χ3v) is 1.28. The van der Waals surface area contributed by atoms with E-state index in [1.807, 2.05) is 0 Å². The fourth-order valence-corrected chi connectivity index (χ4v) is 0.939. The summed E-state index contributed by atoms with van der Waals surface area (Å²) in [5.74, 6) is 0. The van der Waals surface area contributed by atoms with Crippen LogP contribution in [0.15, 0.2) is 6.20 Å².